The third-order valence-corrected chi connectivity index (χ3v) is 4.22. The topological polar surface area (TPSA) is 55.6 Å². The van der Waals surface area contributed by atoms with Gasteiger partial charge in [0.2, 0.25) is 0 Å². The van der Waals surface area contributed by atoms with Crippen LogP contribution in [0.2, 0.25) is 0 Å². The van der Waals surface area contributed by atoms with Crippen LogP contribution >= 0.6 is 0 Å². The lowest BCUT2D eigenvalue weighted by Crippen LogP contribution is -2.35. The Balaban J connectivity index is 1.74. The number of aromatic nitrogens is 4. The molecule has 3 rings (SSSR count). The van der Waals surface area contributed by atoms with E-state index in [1.54, 1.807) is 11.0 Å². The van der Waals surface area contributed by atoms with Gasteiger partial charge in [-0.1, -0.05) is 26.8 Å². The van der Waals surface area contributed by atoms with Crippen molar-refractivity contribution in [1.82, 2.24) is 20.2 Å². The maximum Gasteiger partial charge on any atom is 0.143 e. The summed E-state index contributed by atoms with van der Waals surface area (Å²) in [6.45, 7) is 7.09. The molecule has 0 radical (unpaired) electrons. The van der Waals surface area contributed by atoms with E-state index in [0.29, 0.717) is 11.5 Å². The van der Waals surface area contributed by atoms with Gasteiger partial charge in [0.15, 0.2) is 0 Å². The third kappa shape index (κ3) is 3.40. The Bertz CT molecular complexity index is 590. The zero-order valence-corrected chi connectivity index (χ0v) is 13.0. The molecule has 1 heterocycles. The van der Waals surface area contributed by atoms with Crippen molar-refractivity contribution in [2.24, 2.45) is 11.3 Å². The fraction of sp³-hybridized carbons (Fsp3) is 0.562. The van der Waals surface area contributed by atoms with Crippen LogP contribution in [0.5, 0.6) is 0 Å². The molecule has 2 aromatic rings. The summed E-state index contributed by atoms with van der Waals surface area (Å²) in [5.41, 5.74) is 2.54. The van der Waals surface area contributed by atoms with Gasteiger partial charge < -0.3 is 5.32 Å². The van der Waals surface area contributed by atoms with Gasteiger partial charge in [-0.2, -0.15) is 0 Å². The van der Waals surface area contributed by atoms with Gasteiger partial charge in [-0.3, -0.25) is 0 Å². The summed E-state index contributed by atoms with van der Waals surface area (Å²) in [6, 6.07) is 8.79. The monoisotopic (exact) mass is 285 g/mol. The zero-order valence-electron chi connectivity index (χ0n) is 13.0. The van der Waals surface area contributed by atoms with Gasteiger partial charge in [-0.05, 0) is 59.2 Å². The quantitative estimate of drug-likeness (QED) is 0.940. The molecule has 1 saturated carbocycles. The van der Waals surface area contributed by atoms with Crippen molar-refractivity contribution < 1.29 is 0 Å². The van der Waals surface area contributed by atoms with Crippen molar-refractivity contribution in [1.29, 1.82) is 0 Å². The highest BCUT2D eigenvalue weighted by molar-refractivity contribution is 5.51. The van der Waals surface area contributed by atoms with Crippen molar-refractivity contribution >= 4 is 5.69 Å². The molecule has 2 unspecified atom stereocenters. The number of nitrogens with zero attached hydrogens (tertiary/aromatic N) is 4. The average molecular weight is 285 g/mol. The molecular formula is C16H23N5. The van der Waals surface area contributed by atoms with Crippen LogP contribution in [0.15, 0.2) is 30.6 Å². The molecule has 0 spiro atoms. The summed E-state index contributed by atoms with van der Waals surface area (Å²) in [7, 11) is 0. The van der Waals surface area contributed by atoms with E-state index in [0.717, 1.165) is 17.3 Å². The Morgan fingerprint density at radius 1 is 1.29 bits per heavy atom. The van der Waals surface area contributed by atoms with Crippen LogP contribution in [0.1, 0.15) is 40.0 Å². The minimum Gasteiger partial charge on any atom is -0.382 e. The zero-order chi connectivity index (χ0) is 14.9. The van der Waals surface area contributed by atoms with Crippen molar-refractivity contribution in [2.45, 2.75) is 46.1 Å². The van der Waals surface area contributed by atoms with E-state index in [2.05, 4.69) is 53.7 Å². The molecule has 0 saturated heterocycles. The first-order valence-corrected chi connectivity index (χ1v) is 7.62. The molecule has 1 aromatic carbocycles. The number of benzene rings is 1. The average Bonchev–Trinajstić information content (AvgIpc) is 2.90. The Morgan fingerprint density at radius 3 is 2.86 bits per heavy atom. The summed E-state index contributed by atoms with van der Waals surface area (Å²) in [4.78, 5) is 0. The van der Waals surface area contributed by atoms with E-state index in [1.807, 2.05) is 12.1 Å². The molecule has 2 atom stereocenters. The van der Waals surface area contributed by atoms with E-state index < -0.39 is 0 Å². The van der Waals surface area contributed by atoms with E-state index in [9.17, 15) is 0 Å². The lowest BCUT2D eigenvalue weighted by Gasteiger charge is -2.39. The van der Waals surface area contributed by atoms with E-state index in [4.69, 9.17) is 0 Å². The van der Waals surface area contributed by atoms with Crippen LogP contribution in [0.25, 0.3) is 5.69 Å². The van der Waals surface area contributed by atoms with E-state index in [-0.39, 0.29) is 0 Å². The molecule has 0 bridgehead atoms. The SMILES string of the molecule is CC1CC(Nc2cccc(-n3cnnn3)c2)CC(C)(C)C1. The van der Waals surface area contributed by atoms with Crippen LogP contribution in [0, 0.1) is 11.3 Å². The van der Waals surface area contributed by atoms with E-state index in [1.165, 1.54) is 19.3 Å². The van der Waals surface area contributed by atoms with Crippen LogP contribution in [-0.2, 0) is 0 Å². The van der Waals surface area contributed by atoms with Crippen LogP contribution in [0.4, 0.5) is 5.69 Å². The predicted molar refractivity (Wildman–Crippen MR) is 83.4 cm³/mol. The van der Waals surface area contributed by atoms with Crippen LogP contribution in [0.3, 0.4) is 0 Å². The van der Waals surface area contributed by atoms with Crippen molar-refractivity contribution in [3.8, 4) is 5.69 Å². The minimum absolute atomic E-state index is 0.419. The smallest absolute Gasteiger partial charge is 0.143 e. The van der Waals surface area contributed by atoms with Crippen LogP contribution in [-0.4, -0.2) is 26.2 Å². The molecule has 0 aliphatic heterocycles. The molecule has 1 fully saturated rings. The largest absolute Gasteiger partial charge is 0.382 e. The Labute approximate surface area is 125 Å². The maximum atomic E-state index is 3.94. The Morgan fingerprint density at radius 2 is 2.14 bits per heavy atom. The van der Waals surface area contributed by atoms with Crippen LogP contribution < -0.4 is 5.32 Å². The first kappa shape index (κ1) is 14.0. The molecule has 1 aliphatic rings. The number of hydrogen-bond acceptors (Lipinski definition) is 4. The molecule has 5 heteroatoms. The molecule has 1 aliphatic carbocycles. The lowest BCUT2D eigenvalue weighted by atomic mass is 9.70. The normalized spacial score (nSPS) is 24.7. The standard InChI is InChI=1S/C16H23N5/c1-12-7-14(10-16(2,3)9-12)18-13-5-4-6-15(8-13)21-11-17-19-20-21/h4-6,8,11-12,14,18H,7,9-10H2,1-3H3. The number of nitrogens with one attached hydrogen (secondary N) is 1. The third-order valence-electron chi connectivity index (χ3n) is 4.22. The number of anilines is 1. The fourth-order valence-corrected chi connectivity index (χ4v) is 3.71. The second kappa shape index (κ2) is 5.47. The molecule has 0 amide bonds. The second-order valence-corrected chi connectivity index (χ2v) is 7.06. The van der Waals surface area contributed by atoms with E-state index >= 15 is 0 Å². The summed E-state index contributed by atoms with van der Waals surface area (Å²) in [5, 5.41) is 15.0. The first-order chi connectivity index (χ1) is 10.0. The van der Waals surface area contributed by atoms with Gasteiger partial charge in [0.1, 0.15) is 6.33 Å². The molecular weight excluding hydrogens is 262 g/mol. The van der Waals surface area contributed by atoms with Gasteiger partial charge in [-0.25, -0.2) is 4.68 Å². The van der Waals surface area contributed by atoms with Crippen molar-refractivity contribution in [3.05, 3.63) is 30.6 Å². The number of tetrazole rings is 1. The van der Waals surface area contributed by atoms with Crippen molar-refractivity contribution in [2.75, 3.05) is 5.32 Å². The summed E-state index contributed by atoms with van der Waals surface area (Å²) < 4.78 is 1.68. The second-order valence-electron chi connectivity index (χ2n) is 7.06. The Kier molecular flexibility index (Phi) is 3.66. The highest BCUT2D eigenvalue weighted by Crippen LogP contribution is 2.39. The number of hydrogen-bond donors (Lipinski definition) is 1. The highest BCUT2D eigenvalue weighted by Gasteiger charge is 2.31. The maximum absolute atomic E-state index is 3.94. The highest BCUT2D eigenvalue weighted by atomic mass is 15.5. The van der Waals surface area contributed by atoms with Crippen molar-refractivity contribution in [3.63, 3.8) is 0 Å². The molecule has 5 nitrogen and oxygen atoms in total. The lowest BCUT2D eigenvalue weighted by molar-refractivity contribution is 0.178. The molecule has 112 valence electrons. The van der Waals surface area contributed by atoms with Gasteiger partial charge in [0.05, 0.1) is 5.69 Å². The number of rotatable bonds is 3. The summed E-state index contributed by atoms with van der Waals surface area (Å²) in [5.74, 6) is 0.772. The first-order valence-electron chi connectivity index (χ1n) is 7.62. The van der Waals surface area contributed by atoms with Gasteiger partial charge >= 0.3 is 0 Å². The van der Waals surface area contributed by atoms with Gasteiger partial charge in [0.25, 0.3) is 0 Å². The molecule has 1 N–H and O–H groups in total. The van der Waals surface area contributed by atoms with Gasteiger partial charge in [0, 0.05) is 11.7 Å². The summed E-state index contributed by atoms with van der Waals surface area (Å²) >= 11 is 0. The fourth-order valence-electron chi connectivity index (χ4n) is 3.71. The molecule has 1 aromatic heterocycles. The Hall–Kier alpha value is -1.91. The summed E-state index contributed by atoms with van der Waals surface area (Å²) in [6.07, 6.45) is 5.38. The minimum atomic E-state index is 0.419. The van der Waals surface area contributed by atoms with Gasteiger partial charge in [-0.15, -0.1) is 5.10 Å². The predicted octanol–water partition coefficient (Wildman–Crippen LogP) is 3.29. The molecule has 21 heavy (non-hydrogen) atoms.